The average Bonchev–Trinajstić information content (AvgIpc) is 3.03. The Morgan fingerprint density at radius 3 is 2.56 bits per heavy atom. The fourth-order valence-corrected chi connectivity index (χ4v) is 4.92. The number of nitrogens with zero attached hydrogens (tertiary/aromatic N) is 1. The summed E-state index contributed by atoms with van der Waals surface area (Å²) in [4.78, 5) is 26.5. The van der Waals surface area contributed by atoms with Crippen LogP contribution >= 0.6 is 11.8 Å². The molecule has 1 saturated heterocycles. The molecule has 2 heterocycles. The van der Waals surface area contributed by atoms with Crippen molar-refractivity contribution in [2.24, 2.45) is 0 Å². The summed E-state index contributed by atoms with van der Waals surface area (Å²) in [6.07, 6.45) is 0. The van der Waals surface area contributed by atoms with Crippen LogP contribution in [-0.4, -0.2) is 24.2 Å². The van der Waals surface area contributed by atoms with E-state index >= 15 is 0 Å². The Kier molecular flexibility index (Phi) is 3.54. The van der Waals surface area contributed by atoms with Crippen LogP contribution in [0.25, 0.3) is 0 Å². The molecule has 1 N–H and O–H groups in total. The fraction of sp³-hybridized carbons (Fsp3) is 0.263. The smallest absolute Gasteiger partial charge is 0.266 e. The summed E-state index contributed by atoms with van der Waals surface area (Å²) in [5.74, 6) is 0.462. The van der Waals surface area contributed by atoms with Gasteiger partial charge in [-0.2, -0.15) is 0 Å². The van der Waals surface area contributed by atoms with Gasteiger partial charge in [-0.05, 0) is 44.2 Å². The topological polar surface area (TPSA) is 58.6 Å². The van der Waals surface area contributed by atoms with Crippen LogP contribution in [0.5, 0.6) is 5.75 Å². The summed E-state index contributed by atoms with van der Waals surface area (Å²) in [6.45, 7) is 3.83. The Morgan fingerprint density at radius 1 is 1.16 bits per heavy atom. The molecule has 6 heteroatoms. The van der Waals surface area contributed by atoms with Gasteiger partial charge in [0.25, 0.3) is 5.91 Å². The molecule has 2 aliphatic rings. The van der Waals surface area contributed by atoms with Gasteiger partial charge >= 0.3 is 0 Å². The molecular weight excluding hydrogens is 336 g/mol. The van der Waals surface area contributed by atoms with Gasteiger partial charge in [-0.1, -0.05) is 17.7 Å². The number of nitrogens with one attached hydrogen (secondary N) is 1. The van der Waals surface area contributed by atoms with Crippen molar-refractivity contribution in [3.8, 4) is 5.75 Å². The number of rotatable bonds is 2. The van der Waals surface area contributed by atoms with E-state index in [0.717, 1.165) is 16.8 Å². The number of anilines is 2. The predicted octanol–water partition coefficient (Wildman–Crippen LogP) is 3.28. The zero-order chi connectivity index (χ0) is 17.8. The van der Waals surface area contributed by atoms with Crippen molar-refractivity contribution >= 4 is 35.0 Å². The van der Waals surface area contributed by atoms with Crippen molar-refractivity contribution in [2.45, 2.75) is 24.0 Å². The molecule has 4 rings (SSSR count). The minimum atomic E-state index is -1.06. The molecule has 0 aliphatic carbocycles. The predicted molar refractivity (Wildman–Crippen MR) is 99.0 cm³/mol. The Morgan fingerprint density at radius 2 is 1.88 bits per heavy atom. The van der Waals surface area contributed by atoms with Crippen LogP contribution in [0.4, 0.5) is 11.4 Å². The minimum Gasteiger partial charge on any atom is -0.497 e. The summed E-state index contributed by atoms with van der Waals surface area (Å²) in [5, 5.41) is 2.64. The van der Waals surface area contributed by atoms with Gasteiger partial charge in [-0.3, -0.25) is 14.5 Å². The maximum Gasteiger partial charge on any atom is 0.266 e. The number of benzene rings is 2. The molecule has 128 valence electrons. The quantitative estimate of drug-likeness (QED) is 0.899. The van der Waals surface area contributed by atoms with Gasteiger partial charge in [0.15, 0.2) is 0 Å². The van der Waals surface area contributed by atoms with Crippen molar-refractivity contribution in [3.05, 3.63) is 53.6 Å². The number of thioether (sulfide) groups is 1. The number of methoxy groups -OCH3 is 1. The Labute approximate surface area is 150 Å². The first kappa shape index (κ1) is 16.0. The zero-order valence-corrected chi connectivity index (χ0v) is 15.0. The lowest BCUT2D eigenvalue weighted by Crippen LogP contribution is -2.47. The van der Waals surface area contributed by atoms with Crippen LogP contribution in [0.2, 0.25) is 0 Å². The first-order chi connectivity index (χ1) is 12.0. The lowest BCUT2D eigenvalue weighted by atomic mass is 10.0. The number of amides is 2. The highest BCUT2D eigenvalue weighted by atomic mass is 32.2. The van der Waals surface area contributed by atoms with E-state index in [1.54, 1.807) is 24.1 Å². The highest BCUT2D eigenvalue weighted by Gasteiger charge is 2.60. The van der Waals surface area contributed by atoms with Crippen molar-refractivity contribution in [1.82, 2.24) is 0 Å². The lowest BCUT2D eigenvalue weighted by molar-refractivity contribution is -0.122. The SMILES string of the molecule is COc1ccc(N2C(=O)[C@@H](C)S[C@@]23C(=O)Nc2ccc(C)cc23)cc1. The number of ether oxygens (including phenoxy) is 1. The molecule has 2 aliphatic heterocycles. The molecule has 1 spiro atoms. The second-order valence-electron chi connectivity index (χ2n) is 6.28. The number of aryl methyl sites for hydroxylation is 1. The van der Waals surface area contributed by atoms with Crippen molar-refractivity contribution in [2.75, 3.05) is 17.3 Å². The first-order valence-corrected chi connectivity index (χ1v) is 8.94. The normalized spacial score (nSPS) is 24.6. The van der Waals surface area contributed by atoms with Gasteiger partial charge in [0.05, 0.1) is 12.4 Å². The van der Waals surface area contributed by atoms with E-state index in [4.69, 9.17) is 4.74 Å². The van der Waals surface area contributed by atoms with Crippen LogP contribution in [0, 0.1) is 6.92 Å². The monoisotopic (exact) mass is 354 g/mol. The number of carbonyl (C=O) groups is 2. The molecule has 0 saturated carbocycles. The van der Waals surface area contributed by atoms with E-state index in [1.807, 2.05) is 44.2 Å². The van der Waals surface area contributed by atoms with Crippen LogP contribution in [0.15, 0.2) is 42.5 Å². The molecule has 0 radical (unpaired) electrons. The molecule has 2 aromatic carbocycles. The highest BCUT2D eigenvalue weighted by molar-refractivity contribution is 8.03. The molecule has 0 bridgehead atoms. The fourth-order valence-electron chi connectivity index (χ4n) is 3.45. The highest BCUT2D eigenvalue weighted by Crippen LogP contribution is 2.56. The summed E-state index contributed by atoms with van der Waals surface area (Å²) < 4.78 is 5.20. The molecule has 25 heavy (non-hydrogen) atoms. The van der Waals surface area contributed by atoms with Gasteiger partial charge in [0.1, 0.15) is 5.75 Å². The molecule has 1 fully saturated rings. The largest absolute Gasteiger partial charge is 0.497 e. The Hall–Kier alpha value is -2.47. The number of hydrogen-bond acceptors (Lipinski definition) is 4. The minimum absolute atomic E-state index is 0.0697. The first-order valence-electron chi connectivity index (χ1n) is 8.06. The van der Waals surface area contributed by atoms with Crippen molar-refractivity contribution in [3.63, 3.8) is 0 Å². The number of hydrogen-bond donors (Lipinski definition) is 1. The second-order valence-corrected chi connectivity index (χ2v) is 7.81. The third-order valence-corrected chi connectivity index (χ3v) is 6.14. The van der Waals surface area contributed by atoms with E-state index in [0.29, 0.717) is 11.4 Å². The van der Waals surface area contributed by atoms with E-state index in [1.165, 1.54) is 11.8 Å². The Balaban J connectivity index is 1.91. The van der Waals surface area contributed by atoms with E-state index in [2.05, 4.69) is 5.32 Å². The Bertz CT molecular complexity index is 881. The molecule has 5 nitrogen and oxygen atoms in total. The summed E-state index contributed by atoms with van der Waals surface area (Å²) in [7, 11) is 1.60. The summed E-state index contributed by atoms with van der Waals surface area (Å²) in [5.41, 5.74) is 3.35. The molecule has 2 atom stereocenters. The van der Waals surface area contributed by atoms with Gasteiger partial charge < -0.3 is 10.1 Å². The van der Waals surface area contributed by atoms with Crippen LogP contribution < -0.4 is 15.0 Å². The molecule has 2 amide bonds. The van der Waals surface area contributed by atoms with Gasteiger partial charge in [0.2, 0.25) is 10.8 Å². The molecule has 0 unspecified atom stereocenters. The number of fused-ring (bicyclic) bond motifs is 2. The van der Waals surface area contributed by atoms with E-state index < -0.39 is 4.87 Å². The van der Waals surface area contributed by atoms with E-state index in [-0.39, 0.29) is 17.1 Å². The van der Waals surface area contributed by atoms with Gasteiger partial charge in [0, 0.05) is 16.9 Å². The second kappa shape index (κ2) is 5.52. The average molecular weight is 354 g/mol. The standard InChI is InChI=1S/C19H18N2O3S/c1-11-4-9-16-15(10-11)19(18(23)20-16)21(17(22)12(2)25-19)13-5-7-14(24-3)8-6-13/h4-10,12H,1-3H3,(H,20,23)/t12-,19+/m1/s1. The van der Waals surface area contributed by atoms with Gasteiger partial charge in [-0.25, -0.2) is 0 Å². The molecule has 2 aromatic rings. The number of carbonyl (C=O) groups excluding carboxylic acids is 2. The van der Waals surface area contributed by atoms with Crippen LogP contribution in [-0.2, 0) is 14.5 Å². The third kappa shape index (κ3) is 2.17. The van der Waals surface area contributed by atoms with E-state index in [9.17, 15) is 9.59 Å². The molecular formula is C19H18N2O3S. The third-order valence-electron chi connectivity index (χ3n) is 4.66. The van der Waals surface area contributed by atoms with Crippen molar-refractivity contribution in [1.29, 1.82) is 0 Å². The summed E-state index contributed by atoms with van der Waals surface area (Å²) >= 11 is 1.39. The molecule has 0 aromatic heterocycles. The zero-order valence-electron chi connectivity index (χ0n) is 14.2. The van der Waals surface area contributed by atoms with Gasteiger partial charge in [-0.15, -0.1) is 11.8 Å². The maximum atomic E-state index is 13.0. The maximum absolute atomic E-state index is 13.0. The summed E-state index contributed by atoms with van der Waals surface area (Å²) in [6, 6.07) is 13.1. The lowest BCUT2D eigenvalue weighted by Gasteiger charge is -2.32. The van der Waals surface area contributed by atoms with Crippen LogP contribution in [0.1, 0.15) is 18.1 Å². The van der Waals surface area contributed by atoms with Crippen LogP contribution in [0.3, 0.4) is 0 Å². The van der Waals surface area contributed by atoms with Crippen molar-refractivity contribution < 1.29 is 14.3 Å².